The number of rotatable bonds is 6. The summed E-state index contributed by atoms with van der Waals surface area (Å²) in [5, 5.41) is 7.34. The molecule has 1 aromatic heterocycles. The second-order valence-electron chi connectivity index (χ2n) is 8.39. The monoisotopic (exact) mass is 418 g/mol. The highest BCUT2D eigenvalue weighted by Gasteiger charge is 2.17. The first-order valence-electron chi connectivity index (χ1n) is 10.7. The zero-order valence-corrected chi connectivity index (χ0v) is 18.9. The summed E-state index contributed by atoms with van der Waals surface area (Å²) in [4.78, 5) is 7.23. The Kier molecular flexibility index (Phi) is 6.60. The van der Waals surface area contributed by atoms with E-state index in [9.17, 15) is 0 Å². The van der Waals surface area contributed by atoms with E-state index in [1.54, 1.807) is 11.3 Å². The van der Waals surface area contributed by atoms with Gasteiger partial charge in [0, 0.05) is 24.0 Å². The van der Waals surface area contributed by atoms with E-state index in [4.69, 9.17) is 0 Å². The molecule has 4 rings (SSSR count). The molecule has 5 heteroatoms. The molecule has 0 amide bonds. The summed E-state index contributed by atoms with van der Waals surface area (Å²) < 4.78 is 0. The van der Waals surface area contributed by atoms with Crippen molar-refractivity contribution >= 4 is 22.7 Å². The van der Waals surface area contributed by atoms with Crippen molar-refractivity contribution in [3.05, 3.63) is 70.1 Å². The highest BCUT2D eigenvalue weighted by atomic mass is 32.1. The molecule has 1 saturated heterocycles. The van der Waals surface area contributed by atoms with Crippen LogP contribution in [0.2, 0.25) is 0 Å². The van der Waals surface area contributed by atoms with Crippen molar-refractivity contribution in [3.63, 3.8) is 0 Å². The van der Waals surface area contributed by atoms with Crippen LogP contribution in [0.4, 0.5) is 5.13 Å². The van der Waals surface area contributed by atoms with Crippen molar-refractivity contribution in [3.8, 4) is 11.3 Å². The van der Waals surface area contributed by atoms with Crippen molar-refractivity contribution in [2.24, 2.45) is 11.0 Å². The van der Waals surface area contributed by atoms with Crippen molar-refractivity contribution in [1.82, 2.24) is 9.88 Å². The lowest BCUT2D eigenvalue weighted by Crippen LogP contribution is -2.34. The number of piperidine rings is 1. The zero-order valence-electron chi connectivity index (χ0n) is 18.1. The Morgan fingerprint density at radius 1 is 1.23 bits per heavy atom. The molecule has 0 spiro atoms. The van der Waals surface area contributed by atoms with Gasteiger partial charge in [-0.1, -0.05) is 55.0 Å². The zero-order chi connectivity index (χ0) is 20.9. The molecule has 1 aliphatic rings. The number of hydrogen-bond acceptors (Lipinski definition) is 5. The van der Waals surface area contributed by atoms with E-state index < -0.39 is 0 Å². The summed E-state index contributed by atoms with van der Waals surface area (Å²) in [6, 6.07) is 14.8. The van der Waals surface area contributed by atoms with Crippen LogP contribution in [0.1, 0.15) is 42.0 Å². The molecule has 1 fully saturated rings. The molecule has 0 bridgehead atoms. The second-order valence-corrected chi connectivity index (χ2v) is 9.25. The van der Waals surface area contributed by atoms with Crippen molar-refractivity contribution in [2.75, 3.05) is 18.5 Å². The lowest BCUT2D eigenvalue weighted by Gasteiger charge is -2.31. The molecule has 1 N–H and O–H groups in total. The van der Waals surface area contributed by atoms with Crippen LogP contribution < -0.4 is 5.43 Å². The summed E-state index contributed by atoms with van der Waals surface area (Å²) in [5.41, 5.74) is 10.4. The number of aryl methyl sites for hydroxylation is 1. The van der Waals surface area contributed by atoms with Gasteiger partial charge in [-0.25, -0.2) is 4.98 Å². The predicted molar refractivity (Wildman–Crippen MR) is 128 cm³/mol. The first-order valence-corrected chi connectivity index (χ1v) is 11.6. The average molecular weight is 419 g/mol. The lowest BCUT2D eigenvalue weighted by molar-refractivity contribution is 0.176. The van der Waals surface area contributed by atoms with Gasteiger partial charge >= 0.3 is 0 Å². The minimum atomic E-state index is 0.799. The predicted octanol–water partition coefficient (Wildman–Crippen LogP) is 6.10. The molecule has 3 aromatic rings. The third-order valence-electron chi connectivity index (χ3n) is 5.77. The quantitative estimate of drug-likeness (QED) is 0.388. The van der Waals surface area contributed by atoms with E-state index in [2.05, 4.69) is 70.8 Å². The highest BCUT2D eigenvalue weighted by molar-refractivity contribution is 7.14. The molecule has 0 radical (unpaired) electrons. The number of nitrogens with one attached hydrogen (secondary N) is 1. The van der Waals surface area contributed by atoms with E-state index in [0.717, 1.165) is 28.9 Å². The molecular weight excluding hydrogens is 388 g/mol. The Bertz CT molecular complexity index is 1010. The van der Waals surface area contributed by atoms with Crippen LogP contribution in [-0.4, -0.2) is 29.2 Å². The SMILES string of the molecule is Cc1cc(C=NNc2nc(-c3ccccc3)cs2)c(C)c(CN2CCCC(C)C2)c1. The van der Waals surface area contributed by atoms with Crippen LogP contribution in [0.15, 0.2) is 52.9 Å². The normalized spacial score (nSPS) is 17.5. The van der Waals surface area contributed by atoms with Crippen molar-refractivity contribution < 1.29 is 0 Å². The third-order valence-corrected chi connectivity index (χ3v) is 6.52. The lowest BCUT2D eigenvalue weighted by atomic mass is 9.96. The average Bonchev–Trinajstić information content (AvgIpc) is 3.21. The van der Waals surface area contributed by atoms with Crippen LogP contribution in [-0.2, 0) is 6.54 Å². The Morgan fingerprint density at radius 3 is 2.87 bits per heavy atom. The van der Waals surface area contributed by atoms with Gasteiger partial charge in [-0.05, 0) is 55.8 Å². The molecule has 0 aliphatic carbocycles. The molecule has 1 aliphatic heterocycles. The van der Waals surface area contributed by atoms with Gasteiger partial charge in [-0.15, -0.1) is 11.3 Å². The van der Waals surface area contributed by atoms with Gasteiger partial charge in [0.2, 0.25) is 5.13 Å². The van der Waals surface area contributed by atoms with Crippen LogP contribution in [0.3, 0.4) is 0 Å². The van der Waals surface area contributed by atoms with E-state index in [0.29, 0.717) is 0 Å². The minimum Gasteiger partial charge on any atom is -0.299 e. The van der Waals surface area contributed by atoms with Gasteiger partial charge in [0.05, 0.1) is 11.9 Å². The second kappa shape index (κ2) is 9.54. The fourth-order valence-electron chi connectivity index (χ4n) is 4.16. The number of nitrogens with zero attached hydrogens (tertiary/aromatic N) is 3. The number of likely N-dealkylation sites (tertiary alicyclic amines) is 1. The van der Waals surface area contributed by atoms with E-state index in [-0.39, 0.29) is 0 Å². The van der Waals surface area contributed by atoms with Crippen LogP contribution in [0, 0.1) is 19.8 Å². The Morgan fingerprint density at radius 2 is 2.07 bits per heavy atom. The molecule has 2 aromatic carbocycles. The third kappa shape index (κ3) is 5.15. The fraction of sp³-hybridized carbons (Fsp3) is 0.360. The summed E-state index contributed by atoms with van der Waals surface area (Å²) in [6.07, 6.45) is 4.59. The van der Waals surface area contributed by atoms with Crippen LogP contribution in [0.5, 0.6) is 0 Å². The maximum atomic E-state index is 4.64. The van der Waals surface area contributed by atoms with Crippen LogP contribution >= 0.6 is 11.3 Å². The molecule has 2 heterocycles. The number of hydrazone groups is 1. The molecule has 1 unspecified atom stereocenters. The number of thiazole rings is 1. The number of hydrogen-bond donors (Lipinski definition) is 1. The standard InChI is InChI=1S/C25H30N4S/c1-18-8-7-11-29(15-18)16-23-13-19(2)12-22(20(23)3)14-26-28-25-27-24(17-30-25)21-9-5-4-6-10-21/h4-6,9-10,12-14,17-18H,7-8,11,15-16H2,1-3H3,(H,27,28). The highest BCUT2D eigenvalue weighted by Crippen LogP contribution is 2.25. The Hall–Kier alpha value is -2.50. The van der Waals surface area contributed by atoms with Gasteiger partial charge < -0.3 is 0 Å². The summed E-state index contributed by atoms with van der Waals surface area (Å²) in [5.74, 6) is 0.799. The van der Waals surface area contributed by atoms with E-state index >= 15 is 0 Å². The first-order chi connectivity index (χ1) is 14.6. The molecule has 156 valence electrons. The van der Waals surface area contributed by atoms with Crippen molar-refractivity contribution in [1.29, 1.82) is 0 Å². The van der Waals surface area contributed by atoms with Crippen molar-refractivity contribution in [2.45, 2.75) is 40.2 Å². The molecule has 0 saturated carbocycles. The Balaban J connectivity index is 1.44. The van der Waals surface area contributed by atoms with Gasteiger partial charge in [0.25, 0.3) is 0 Å². The van der Waals surface area contributed by atoms with E-state index in [1.165, 1.54) is 48.2 Å². The first kappa shape index (κ1) is 20.8. The number of benzene rings is 2. The van der Waals surface area contributed by atoms with Gasteiger partial charge in [0.15, 0.2) is 0 Å². The molecular formula is C25H30N4S. The number of anilines is 1. The Labute approximate surface area is 183 Å². The maximum Gasteiger partial charge on any atom is 0.203 e. The summed E-state index contributed by atoms with van der Waals surface area (Å²) in [6.45, 7) is 10.2. The maximum absolute atomic E-state index is 4.64. The summed E-state index contributed by atoms with van der Waals surface area (Å²) >= 11 is 1.57. The van der Waals surface area contributed by atoms with Crippen LogP contribution in [0.25, 0.3) is 11.3 Å². The fourth-order valence-corrected chi connectivity index (χ4v) is 4.83. The molecule has 1 atom stereocenters. The number of aromatic nitrogens is 1. The topological polar surface area (TPSA) is 40.5 Å². The van der Waals surface area contributed by atoms with E-state index in [1.807, 2.05) is 24.4 Å². The van der Waals surface area contributed by atoms with Gasteiger partial charge in [-0.3, -0.25) is 10.3 Å². The largest absolute Gasteiger partial charge is 0.299 e. The summed E-state index contributed by atoms with van der Waals surface area (Å²) in [7, 11) is 0. The molecule has 30 heavy (non-hydrogen) atoms. The van der Waals surface area contributed by atoms with Gasteiger partial charge in [0.1, 0.15) is 0 Å². The molecule has 4 nitrogen and oxygen atoms in total. The van der Waals surface area contributed by atoms with Gasteiger partial charge in [-0.2, -0.15) is 5.10 Å². The smallest absolute Gasteiger partial charge is 0.203 e. The minimum absolute atomic E-state index is 0.799.